The molecule has 1 rings (SSSR count). The molecule has 1 heterocycles. The van der Waals surface area contributed by atoms with Crippen LogP contribution in [0.5, 0.6) is 0 Å². The van der Waals surface area contributed by atoms with Crippen molar-refractivity contribution in [2.45, 2.75) is 66.3 Å². The van der Waals surface area contributed by atoms with Gasteiger partial charge in [0.05, 0.1) is 0 Å². The predicted octanol–water partition coefficient (Wildman–Crippen LogP) is 2.67. The Morgan fingerprint density at radius 2 is 1.75 bits per heavy atom. The Bertz CT molecular complexity index is 348. The first-order valence-electron chi connectivity index (χ1n) is 8.00. The van der Waals surface area contributed by atoms with Gasteiger partial charge in [0.25, 0.3) is 0 Å². The molecule has 0 saturated carbocycles. The van der Waals surface area contributed by atoms with Gasteiger partial charge in [0.2, 0.25) is 11.8 Å². The largest absolute Gasteiger partial charge is 0.342 e. The molecular formula is C16H30N2O2. The van der Waals surface area contributed by atoms with Crippen molar-refractivity contribution >= 4 is 11.8 Å². The van der Waals surface area contributed by atoms with E-state index in [4.69, 9.17) is 0 Å². The second-order valence-electron chi connectivity index (χ2n) is 6.16. The maximum absolute atomic E-state index is 12.8. The number of carbonyl (C=O) groups is 2. The number of rotatable bonds is 5. The Balaban J connectivity index is 2.89. The molecule has 1 saturated heterocycles. The fourth-order valence-corrected chi connectivity index (χ4v) is 3.05. The van der Waals surface area contributed by atoms with Gasteiger partial charge in [-0.3, -0.25) is 9.59 Å². The molecule has 1 fully saturated rings. The number of carbonyl (C=O) groups excluding carboxylic acids is 2. The van der Waals surface area contributed by atoms with Gasteiger partial charge in [-0.15, -0.1) is 0 Å². The SMILES string of the molecule is CCC1CCCCN1C(=O)C(C)(C)C(=O)N(CC)CC. The summed E-state index contributed by atoms with van der Waals surface area (Å²) in [7, 11) is 0. The van der Waals surface area contributed by atoms with Gasteiger partial charge in [0.15, 0.2) is 0 Å². The van der Waals surface area contributed by atoms with E-state index in [1.807, 2.05) is 18.7 Å². The summed E-state index contributed by atoms with van der Waals surface area (Å²) in [6.45, 7) is 11.7. The highest BCUT2D eigenvalue weighted by molar-refractivity contribution is 6.04. The van der Waals surface area contributed by atoms with Crippen molar-refractivity contribution < 1.29 is 9.59 Å². The average molecular weight is 282 g/mol. The summed E-state index contributed by atoms with van der Waals surface area (Å²) in [5.41, 5.74) is -0.948. The van der Waals surface area contributed by atoms with Crippen LogP contribution >= 0.6 is 0 Å². The molecule has 20 heavy (non-hydrogen) atoms. The number of hydrogen-bond acceptors (Lipinski definition) is 2. The Morgan fingerprint density at radius 3 is 2.25 bits per heavy atom. The van der Waals surface area contributed by atoms with E-state index in [0.717, 1.165) is 25.8 Å². The first-order chi connectivity index (χ1) is 9.39. The van der Waals surface area contributed by atoms with Gasteiger partial charge in [0, 0.05) is 25.7 Å². The van der Waals surface area contributed by atoms with Crippen LogP contribution in [0.15, 0.2) is 0 Å². The minimum Gasteiger partial charge on any atom is -0.342 e. The normalized spacial score (nSPS) is 19.9. The van der Waals surface area contributed by atoms with Gasteiger partial charge in [-0.05, 0) is 53.4 Å². The van der Waals surface area contributed by atoms with Crippen molar-refractivity contribution in [2.24, 2.45) is 5.41 Å². The summed E-state index contributed by atoms with van der Waals surface area (Å²) in [5.74, 6) is -0.0473. The second-order valence-corrected chi connectivity index (χ2v) is 6.16. The van der Waals surface area contributed by atoms with Crippen molar-refractivity contribution in [3.8, 4) is 0 Å². The van der Waals surface area contributed by atoms with Crippen LogP contribution in [0, 0.1) is 5.41 Å². The molecule has 1 aliphatic heterocycles. The quantitative estimate of drug-likeness (QED) is 0.727. The fourth-order valence-electron chi connectivity index (χ4n) is 3.05. The number of piperidine rings is 1. The molecule has 0 spiro atoms. The van der Waals surface area contributed by atoms with Crippen LogP contribution in [-0.4, -0.2) is 47.3 Å². The Kier molecular flexibility index (Phi) is 6.03. The highest BCUT2D eigenvalue weighted by Gasteiger charge is 2.43. The Labute approximate surface area is 123 Å². The van der Waals surface area contributed by atoms with E-state index < -0.39 is 5.41 Å². The Morgan fingerprint density at radius 1 is 1.15 bits per heavy atom. The predicted molar refractivity (Wildman–Crippen MR) is 81.4 cm³/mol. The van der Waals surface area contributed by atoms with E-state index in [0.29, 0.717) is 19.1 Å². The van der Waals surface area contributed by atoms with Crippen LogP contribution < -0.4 is 0 Å². The minimum absolute atomic E-state index is 0.000880. The molecule has 4 nitrogen and oxygen atoms in total. The Hall–Kier alpha value is -1.06. The lowest BCUT2D eigenvalue weighted by Gasteiger charge is -2.40. The molecule has 0 aromatic rings. The van der Waals surface area contributed by atoms with E-state index in [2.05, 4.69) is 6.92 Å². The lowest BCUT2D eigenvalue weighted by molar-refractivity contribution is -0.156. The number of amides is 2. The van der Waals surface area contributed by atoms with Crippen molar-refractivity contribution in [3.05, 3.63) is 0 Å². The summed E-state index contributed by atoms with van der Waals surface area (Å²) in [6.07, 6.45) is 4.28. The maximum atomic E-state index is 12.8. The topological polar surface area (TPSA) is 40.6 Å². The molecule has 1 aliphatic rings. The van der Waals surface area contributed by atoms with Crippen molar-refractivity contribution in [1.82, 2.24) is 9.80 Å². The molecule has 0 bridgehead atoms. The minimum atomic E-state index is -0.948. The van der Waals surface area contributed by atoms with Gasteiger partial charge < -0.3 is 9.80 Å². The molecule has 1 unspecified atom stereocenters. The zero-order valence-corrected chi connectivity index (χ0v) is 13.7. The zero-order chi connectivity index (χ0) is 15.3. The lowest BCUT2D eigenvalue weighted by atomic mass is 9.87. The van der Waals surface area contributed by atoms with E-state index in [1.165, 1.54) is 6.42 Å². The molecule has 116 valence electrons. The first-order valence-corrected chi connectivity index (χ1v) is 8.00. The molecule has 4 heteroatoms. The summed E-state index contributed by atoms with van der Waals surface area (Å²) >= 11 is 0. The van der Waals surface area contributed by atoms with E-state index in [9.17, 15) is 9.59 Å². The first kappa shape index (κ1) is 17.0. The molecule has 0 N–H and O–H groups in total. The second kappa shape index (κ2) is 7.09. The third kappa shape index (κ3) is 3.33. The standard InChI is InChI=1S/C16H30N2O2/c1-6-13-11-9-10-12-18(13)15(20)16(4,5)14(19)17(7-2)8-3/h13H,6-12H2,1-5H3. The monoisotopic (exact) mass is 282 g/mol. The number of likely N-dealkylation sites (tertiary alicyclic amines) is 1. The van der Waals surface area contributed by atoms with Gasteiger partial charge >= 0.3 is 0 Å². The van der Waals surface area contributed by atoms with Crippen LogP contribution in [0.4, 0.5) is 0 Å². The lowest BCUT2D eigenvalue weighted by Crippen LogP contribution is -2.54. The van der Waals surface area contributed by atoms with Gasteiger partial charge in [0.1, 0.15) is 5.41 Å². The highest BCUT2D eigenvalue weighted by Crippen LogP contribution is 2.28. The molecule has 0 aromatic carbocycles. The van der Waals surface area contributed by atoms with E-state index >= 15 is 0 Å². The smallest absolute Gasteiger partial charge is 0.237 e. The highest BCUT2D eigenvalue weighted by atomic mass is 16.2. The fraction of sp³-hybridized carbons (Fsp3) is 0.875. The number of nitrogens with zero attached hydrogens (tertiary/aromatic N) is 2. The summed E-state index contributed by atoms with van der Waals surface area (Å²) in [6, 6.07) is 0.306. The third-order valence-electron chi connectivity index (χ3n) is 4.48. The van der Waals surface area contributed by atoms with E-state index in [1.54, 1.807) is 18.7 Å². The molecule has 0 aliphatic carbocycles. The van der Waals surface area contributed by atoms with Crippen LogP contribution in [0.3, 0.4) is 0 Å². The molecule has 1 atom stereocenters. The molecular weight excluding hydrogens is 252 g/mol. The number of hydrogen-bond donors (Lipinski definition) is 0. The van der Waals surface area contributed by atoms with Crippen LogP contribution in [-0.2, 0) is 9.59 Å². The maximum Gasteiger partial charge on any atom is 0.237 e. The van der Waals surface area contributed by atoms with Crippen molar-refractivity contribution in [1.29, 1.82) is 0 Å². The van der Waals surface area contributed by atoms with Crippen LogP contribution in [0.2, 0.25) is 0 Å². The zero-order valence-electron chi connectivity index (χ0n) is 13.7. The molecule has 0 aromatic heterocycles. The summed E-state index contributed by atoms with van der Waals surface area (Å²) < 4.78 is 0. The van der Waals surface area contributed by atoms with Crippen molar-refractivity contribution in [3.63, 3.8) is 0 Å². The van der Waals surface area contributed by atoms with Crippen molar-refractivity contribution in [2.75, 3.05) is 19.6 Å². The molecule has 0 radical (unpaired) electrons. The van der Waals surface area contributed by atoms with Gasteiger partial charge in [-0.25, -0.2) is 0 Å². The van der Waals surface area contributed by atoms with Gasteiger partial charge in [-0.1, -0.05) is 6.92 Å². The van der Waals surface area contributed by atoms with Crippen LogP contribution in [0.25, 0.3) is 0 Å². The third-order valence-corrected chi connectivity index (χ3v) is 4.48. The summed E-state index contributed by atoms with van der Waals surface area (Å²) in [5, 5.41) is 0. The van der Waals surface area contributed by atoms with Gasteiger partial charge in [-0.2, -0.15) is 0 Å². The van der Waals surface area contributed by atoms with Crippen LogP contribution in [0.1, 0.15) is 60.3 Å². The van der Waals surface area contributed by atoms with E-state index in [-0.39, 0.29) is 11.8 Å². The summed E-state index contributed by atoms with van der Waals surface area (Å²) in [4.78, 5) is 29.1. The average Bonchev–Trinajstić information content (AvgIpc) is 2.47. The molecule has 2 amide bonds.